The van der Waals surface area contributed by atoms with E-state index in [-0.39, 0.29) is 5.91 Å². The second-order valence-corrected chi connectivity index (χ2v) is 4.55. The minimum Gasteiger partial charge on any atom is -0.497 e. The molecule has 0 saturated carbocycles. The molecule has 0 aliphatic heterocycles. The van der Waals surface area contributed by atoms with E-state index >= 15 is 0 Å². The Balaban J connectivity index is 1.88. The van der Waals surface area contributed by atoms with Gasteiger partial charge in [0.25, 0.3) is 0 Å². The largest absolute Gasteiger partial charge is 0.497 e. The molecule has 0 unspecified atom stereocenters. The van der Waals surface area contributed by atoms with Gasteiger partial charge in [0.1, 0.15) is 5.75 Å². The summed E-state index contributed by atoms with van der Waals surface area (Å²) in [7, 11) is 1.62. The number of anilines is 1. The number of nitrogens with one attached hydrogen (secondary N) is 1. The summed E-state index contributed by atoms with van der Waals surface area (Å²) in [6.45, 7) is 0.484. The van der Waals surface area contributed by atoms with E-state index in [2.05, 4.69) is 5.32 Å². The Hall–Kier alpha value is -2.49. The van der Waals surface area contributed by atoms with Crippen LogP contribution in [0.15, 0.2) is 48.5 Å². The molecule has 0 aromatic heterocycles. The first-order valence-electron chi connectivity index (χ1n) is 6.41. The first-order valence-corrected chi connectivity index (χ1v) is 6.41. The van der Waals surface area contributed by atoms with Gasteiger partial charge in [-0.05, 0) is 35.4 Å². The van der Waals surface area contributed by atoms with Gasteiger partial charge in [-0.1, -0.05) is 24.3 Å². The van der Waals surface area contributed by atoms with Crippen molar-refractivity contribution in [3.63, 3.8) is 0 Å². The van der Waals surface area contributed by atoms with Gasteiger partial charge >= 0.3 is 0 Å². The number of amides is 1. The number of rotatable bonds is 5. The standard InChI is InChI=1S/C16H18N2O2/c1-20-15-7-3-5-13(9-15)11-18-16(19)10-12-4-2-6-14(17)8-12/h2-9H,10-11,17H2,1H3,(H,18,19). The molecule has 20 heavy (non-hydrogen) atoms. The van der Waals surface area contributed by atoms with Crippen LogP contribution in [0.2, 0.25) is 0 Å². The normalized spacial score (nSPS) is 10.1. The average molecular weight is 270 g/mol. The van der Waals surface area contributed by atoms with Crippen molar-refractivity contribution in [1.29, 1.82) is 0 Å². The molecule has 4 nitrogen and oxygen atoms in total. The summed E-state index contributed by atoms with van der Waals surface area (Å²) in [4.78, 5) is 11.9. The van der Waals surface area contributed by atoms with Gasteiger partial charge in [0, 0.05) is 12.2 Å². The predicted molar refractivity (Wildman–Crippen MR) is 79.4 cm³/mol. The average Bonchev–Trinajstić information content (AvgIpc) is 2.45. The van der Waals surface area contributed by atoms with Gasteiger partial charge in [-0.2, -0.15) is 0 Å². The molecule has 0 spiro atoms. The highest BCUT2D eigenvalue weighted by molar-refractivity contribution is 5.78. The Morgan fingerprint density at radius 3 is 2.65 bits per heavy atom. The van der Waals surface area contributed by atoms with E-state index in [1.54, 1.807) is 13.2 Å². The minimum atomic E-state index is -0.0292. The summed E-state index contributed by atoms with van der Waals surface area (Å²) in [6, 6.07) is 15.0. The Bertz CT molecular complexity index is 597. The van der Waals surface area contributed by atoms with Crippen molar-refractivity contribution in [3.8, 4) is 5.75 Å². The molecule has 2 aromatic rings. The Morgan fingerprint density at radius 1 is 1.15 bits per heavy atom. The molecule has 0 aliphatic carbocycles. The molecule has 1 amide bonds. The molecule has 3 N–H and O–H groups in total. The summed E-state index contributed by atoms with van der Waals surface area (Å²) in [5.41, 5.74) is 8.27. The van der Waals surface area contributed by atoms with Crippen molar-refractivity contribution in [2.24, 2.45) is 0 Å². The first kappa shape index (κ1) is 13.9. The molecule has 104 valence electrons. The summed E-state index contributed by atoms with van der Waals surface area (Å²) >= 11 is 0. The molecule has 4 heteroatoms. The van der Waals surface area contributed by atoms with Crippen LogP contribution in [0.5, 0.6) is 5.75 Å². The second kappa shape index (κ2) is 6.61. The van der Waals surface area contributed by atoms with Crippen LogP contribution in [0.25, 0.3) is 0 Å². The lowest BCUT2D eigenvalue weighted by atomic mass is 10.1. The molecular weight excluding hydrogens is 252 g/mol. The van der Waals surface area contributed by atoms with Crippen LogP contribution in [-0.2, 0) is 17.8 Å². The van der Waals surface area contributed by atoms with Crippen LogP contribution in [-0.4, -0.2) is 13.0 Å². The van der Waals surface area contributed by atoms with Crippen molar-refractivity contribution in [2.75, 3.05) is 12.8 Å². The maximum atomic E-state index is 11.9. The topological polar surface area (TPSA) is 64.3 Å². The van der Waals surface area contributed by atoms with Crippen LogP contribution in [0.4, 0.5) is 5.69 Å². The molecule has 0 heterocycles. The lowest BCUT2D eigenvalue weighted by Gasteiger charge is -2.07. The lowest BCUT2D eigenvalue weighted by molar-refractivity contribution is -0.120. The molecule has 0 aliphatic rings. The third kappa shape index (κ3) is 4.02. The highest BCUT2D eigenvalue weighted by atomic mass is 16.5. The number of carbonyl (C=O) groups excluding carboxylic acids is 1. The van der Waals surface area contributed by atoms with Gasteiger partial charge in [0.05, 0.1) is 13.5 Å². The van der Waals surface area contributed by atoms with Crippen LogP contribution in [0.1, 0.15) is 11.1 Å². The molecule has 0 saturated heterocycles. The van der Waals surface area contributed by atoms with Gasteiger partial charge in [0.15, 0.2) is 0 Å². The number of carbonyl (C=O) groups is 1. The van der Waals surface area contributed by atoms with Crippen molar-refractivity contribution in [1.82, 2.24) is 5.32 Å². The van der Waals surface area contributed by atoms with E-state index in [9.17, 15) is 4.79 Å². The zero-order chi connectivity index (χ0) is 14.4. The van der Waals surface area contributed by atoms with Crippen LogP contribution in [0.3, 0.4) is 0 Å². The fraction of sp³-hybridized carbons (Fsp3) is 0.188. The van der Waals surface area contributed by atoms with Crippen LogP contribution in [0, 0.1) is 0 Å². The Morgan fingerprint density at radius 2 is 1.90 bits per heavy atom. The number of hydrogen-bond acceptors (Lipinski definition) is 3. The number of benzene rings is 2. The van der Waals surface area contributed by atoms with E-state index in [4.69, 9.17) is 10.5 Å². The molecule has 0 radical (unpaired) electrons. The molecule has 0 atom stereocenters. The zero-order valence-corrected chi connectivity index (χ0v) is 11.4. The molecule has 0 fully saturated rings. The predicted octanol–water partition coefficient (Wildman–Crippen LogP) is 2.14. The Labute approximate surface area is 118 Å². The van der Waals surface area contributed by atoms with Crippen molar-refractivity contribution in [2.45, 2.75) is 13.0 Å². The van der Waals surface area contributed by atoms with Gasteiger partial charge < -0.3 is 15.8 Å². The van der Waals surface area contributed by atoms with Crippen molar-refractivity contribution < 1.29 is 9.53 Å². The van der Waals surface area contributed by atoms with Gasteiger partial charge in [-0.3, -0.25) is 4.79 Å². The van der Waals surface area contributed by atoms with E-state index in [0.717, 1.165) is 16.9 Å². The van der Waals surface area contributed by atoms with E-state index in [1.165, 1.54) is 0 Å². The van der Waals surface area contributed by atoms with Crippen LogP contribution >= 0.6 is 0 Å². The number of nitrogen functional groups attached to an aromatic ring is 1. The molecular formula is C16H18N2O2. The fourth-order valence-electron chi connectivity index (χ4n) is 1.93. The second-order valence-electron chi connectivity index (χ2n) is 4.55. The number of nitrogens with two attached hydrogens (primary N) is 1. The van der Waals surface area contributed by atoms with Gasteiger partial charge in [-0.15, -0.1) is 0 Å². The SMILES string of the molecule is COc1cccc(CNC(=O)Cc2cccc(N)c2)c1. The van der Waals surface area contributed by atoms with Crippen molar-refractivity contribution in [3.05, 3.63) is 59.7 Å². The smallest absolute Gasteiger partial charge is 0.224 e. The maximum absolute atomic E-state index is 11.9. The summed E-state index contributed by atoms with van der Waals surface area (Å²) < 4.78 is 5.14. The lowest BCUT2D eigenvalue weighted by Crippen LogP contribution is -2.24. The third-order valence-corrected chi connectivity index (χ3v) is 2.94. The maximum Gasteiger partial charge on any atom is 0.224 e. The van der Waals surface area contributed by atoms with Crippen molar-refractivity contribution >= 4 is 11.6 Å². The summed E-state index contributed by atoms with van der Waals surface area (Å²) in [5.74, 6) is 0.756. The molecule has 2 rings (SSSR count). The van der Waals surface area contributed by atoms with Gasteiger partial charge in [-0.25, -0.2) is 0 Å². The minimum absolute atomic E-state index is 0.0292. The number of ether oxygens (including phenoxy) is 1. The highest BCUT2D eigenvalue weighted by Crippen LogP contribution is 2.12. The summed E-state index contributed by atoms with van der Waals surface area (Å²) in [6.07, 6.45) is 0.328. The van der Waals surface area contributed by atoms with Gasteiger partial charge in [0.2, 0.25) is 5.91 Å². The fourth-order valence-corrected chi connectivity index (χ4v) is 1.93. The Kier molecular flexibility index (Phi) is 4.60. The molecule has 0 bridgehead atoms. The summed E-state index contributed by atoms with van der Waals surface area (Å²) in [5, 5.41) is 2.88. The van der Waals surface area contributed by atoms with E-state index in [1.807, 2.05) is 42.5 Å². The zero-order valence-electron chi connectivity index (χ0n) is 11.4. The monoisotopic (exact) mass is 270 g/mol. The third-order valence-electron chi connectivity index (χ3n) is 2.94. The molecule has 2 aromatic carbocycles. The first-order chi connectivity index (χ1) is 9.67. The number of hydrogen-bond donors (Lipinski definition) is 2. The quantitative estimate of drug-likeness (QED) is 0.818. The van der Waals surface area contributed by atoms with E-state index < -0.39 is 0 Å². The van der Waals surface area contributed by atoms with E-state index in [0.29, 0.717) is 18.7 Å². The van der Waals surface area contributed by atoms with Crippen LogP contribution < -0.4 is 15.8 Å². The number of methoxy groups -OCH3 is 1. The highest BCUT2D eigenvalue weighted by Gasteiger charge is 2.04.